The highest BCUT2D eigenvalue weighted by molar-refractivity contribution is 6.30. The van der Waals surface area contributed by atoms with E-state index in [9.17, 15) is 5.21 Å². The standard InChI is InChI=1S/C19H18ClN3O.ClH/c1-3-15-12-18(21-2)22-17-10-9-14(20)11-16(17)19(23(15)24)13-7-5-4-6-8-13;/h4-12,24H,3H2,1-2H3;1H. The molecule has 0 saturated heterocycles. The van der Waals surface area contributed by atoms with Crippen LogP contribution in [0.5, 0.6) is 0 Å². The number of halogens is 2. The van der Waals surface area contributed by atoms with E-state index in [1.54, 1.807) is 19.2 Å². The highest BCUT2D eigenvalue weighted by Gasteiger charge is 2.17. The number of amidine groups is 1. The first-order chi connectivity index (χ1) is 11.6. The lowest BCUT2D eigenvalue weighted by Gasteiger charge is -2.24. The van der Waals surface area contributed by atoms with Crippen molar-refractivity contribution >= 4 is 35.5 Å². The summed E-state index contributed by atoms with van der Waals surface area (Å²) in [4.78, 5) is 8.82. The molecule has 3 rings (SSSR count). The molecular weight excluding hydrogens is 357 g/mol. The van der Waals surface area contributed by atoms with Crippen LogP contribution in [0.25, 0.3) is 5.70 Å². The lowest BCUT2D eigenvalue weighted by atomic mass is 10.1. The van der Waals surface area contributed by atoms with Gasteiger partial charge in [0.2, 0.25) is 0 Å². The Morgan fingerprint density at radius 1 is 1.16 bits per heavy atom. The summed E-state index contributed by atoms with van der Waals surface area (Å²) in [6.45, 7) is 1.98. The van der Waals surface area contributed by atoms with Gasteiger partial charge in [0.1, 0.15) is 5.84 Å². The molecule has 0 amide bonds. The second-order valence-corrected chi connectivity index (χ2v) is 5.81. The Bertz CT molecular complexity index is 937. The van der Waals surface area contributed by atoms with Crippen LogP contribution in [0.4, 0.5) is 0 Å². The Labute approximate surface area is 157 Å². The second-order valence-electron chi connectivity index (χ2n) is 5.37. The van der Waals surface area contributed by atoms with E-state index >= 15 is 0 Å². The smallest absolute Gasteiger partial charge is 0.149 e. The zero-order valence-electron chi connectivity index (χ0n) is 14.0. The van der Waals surface area contributed by atoms with Crippen LogP contribution in [-0.4, -0.2) is 23.2 Å². The van der Waals surface area contributed by atoms with E-state index in [0.717, 1.165) is 10.8 Å². The van der Waals surface area contributed by atoms with Crippen molar-refractivity contribution in [1.82, 2.24) is 5.06 Å². The van der Waals surface area contributed by atoms with Crippen molar-refractivity contribution in [3.05, 3.63) is 81.5 Å². The van der Waals surface area contributed by atoms with E-state index in [0.29, 0.717) is 34.0 Å². The fourth-order valence-corrected chi connectivity index (χ4v) is 2.83. The third kappa shape index (κ3) is 3.93. The van der Waals surface area contributed by atoms with E-state index in [1.165, 1.54) is 5.06 Å². The topological polar surface area (TPSA) is 48.2 Å². The molecular formula is C19H19Cl2N3O. The van der Waals surface area contributed by atoms with Crippen molar-refractivity contribution in [1.29, 1.82) is 0 Å². The zero-order chi connectivity index (χ0) is 17.1. The molecule has 130 valence electrons. The van der Waals surface area contributed by atoms with Gasteiger partial charge >= 0.3 is 0 Å². The summed E-state index contributed by atoms with van der Waals surface area (Å²) < 4.78 is 0. The van der Waals surface area contributed by atoms with Gasteiger partial charge in [0.15, 0.2) is 0 Å². The Morgan fingerprint density at radius 2 is 1.88 bits per heavy atom. The van der Waals surface area contributed by atoms with Gasteiger partial charge in [-0.25, -0.2) is 10.1 Å². The monoisotopic (exact) mass is 375 g/mol. The van der Waals surface area contributed by atoms with Gasteiger partial charge in [-0.15, -0.1) is 12.4 Å². The predicted octanol–water partition coefficient (Wildman–Crippen LogP) is 3.56. The van der Waals surface area contributed by atoms with Gasteiger partial charge in [0.05, 0.1) is 16.8 Å². The van der Waals surface area contributed by atoms with Gasteiger partial charge in [-0.3, -0.25) is 10.2 Å². The molecule has 0 aromatic heterocycles. The summed E-state index contributed by atoms with van der Waals surface area (Å²) in [6.07, 6.45) is 2.43. The molecule has 0 aliphatic carbocycles. The van der Waals surface area contributed by atoms with Crippen LogP contribution in [0.1, 0.15) is 18.9 Å². The maximum atomic E-state index is 10.9. The molecule has 1 aliphatic rings. The van der Waals surface area contributed by atoms with Crippen LogP contribution in [0.15, 0.2) is 70.3 Å². The minimum Gasteiger partial charge on any atom is -0.284 e. The fraction of sp³-hybridized carbons (Fsp3) is 0.158. The highest BCUT2D eigenvalue weighted by atomic mass is 35.5. The average molecular weight is 376 g/mol. The fourth-order valence-electron chi connectivity index (χ4n) is 2.66. The van der Waals surface area contributed by atoms with Gasteiger partial charge in [-0.05, 0) is 24.6 Å². The number of hydroxylamine groups is 2. The third-order valence-corrected chi connectivity index (χ3v) is 4.10. The molecule has 6 heteroatoms. The van der Waals surface area contributed by atoms with Crippen LogP contribution in [0.2, 0.25) is 5.02 Å². The number of hydrogen-bond acceptors (Lipinski definition) is 3. The molecule has 1 N–H and O–H groups in total. The van der Waals surface area contributed by atoms with Crippen molar-refractivity contribution in [2.24, 2.45) is 9.98 Å². The summed E-state index contributed by atoms with van der Waals surface area (Å²) >= 11 is 6.21. The average Bonchev–Trinajstić information content (AvgIpc) is 2.60. The largest absolute Gasteiger partial charge is 0.284 e. The first-order valence-corrected chi connectivity index (χ1v) is 8.12. The number of aliphatic imine (C=N–C) groups is 1. The van der Waals surface area contributed by atoms with Crippen LogP contribution in [0, 0.1) is 0 Å². The second kappa shape index (κ2) is 8.30. The lowest BCUT2D eigenvalue weighted by Crippen LogP contribution is -2.36. The molecule has 0 atom stereocenters. The molecule has 1 aliphatic heterocycles. The number of nitrogens with zero attached hydrogens (tertiary/aromatic N) is 3. The van der Waals surface area contributed by atoms with Crippen molar-refractivity contribution in [2.75, 3.05) is 7.05 Å². The van der Waals surface area contributed by atoms with Crippen molar-refractivity contribution < 1.29 is 5.21 Å². The van der Waals surface area contributed by atoms with Gasteiger partial charge in [0.25, 0.3) is 0 Å². The molecule has 2 aromatic rings. The summed E-state index contributed by atoms with van der Waals surface area (Å²) in [5, 5.41) is 14.2. The number of rotatable bonds is 2. The zero-order valence-corrected chi connectivity index (χ0v) is 15.6. The summed E-state index contributed by atoms with van der Waals surface area (Å²) in [5.74, 6) is 0.557. The number of allylic oxidation sites excluding steroid dienone is 1. The molecule has 1 heterocycles. The Balaban J connectivity index is 0.00000225. The Hall–Kier alpha value is -2.14. The normalized spacial score (nSPS) is 15.5. The van der Waals surface area contributed by atoms with E-state index in [4.69, 9.17) is 11.6 Å². The van der Waals surface area contributed by atoms with Crippen LogP contribution >= 0.6 is 24.0 Å². The first kappa shape index (κ1) is 19.2. The molecule has 25 heavy (non-hydrogen) atoms. The number of benzene rings is 2. The molecule has 0 bridgehead atoms. The van der Waals surface area contributed by atoms with Crippen LogP contribution in [0.3, 0.4) is 0 Å². The molecule has 2 aromatic carbocycles. The van der Waals surface area contributed by atoms with Crippen molar-refractivity contribution in [2.45, 2.75) is 13.3 Å². The van der Waals surface area contributed by atoms with Gasteiger partial charge in [-0.1, -0.05) is 48.9 Å². The summed E-state index contributed by atoms with van der Waals surface area (Å²) in [6, 6.07) is 15.2. The SMILES string of the molecule is CCC1=CC(=NC)N=c2ccc(Cl)cc2=C(c2ccccc2)N1O.Cl. The maximum Gasteiger partial charge on any atom is 0.149 e. The molecule has 0 unspecified atom stereocenters. The quantitative estimate of drug-likeness (QED) is 0.871. The summed E-state index contributed by atoms with van der Waals surface area (Å²) in [7, 11) is 1.68. The minimum absolute atomic E-state index is 0. The maximum absolute atomic E-state index is 10.9. The van der Waals surface area contributed by atoms with Crippen LogP contribution < -0.4 is 10.6 Å². The van der Waals surface area contributed by atoms with E-state index in [2.05, 4.69) is 9.98 Å². The predicted molar refractivity (Wildman–Crippen MR) is 104 cm³/mol. The molecule has 0 fully saturated rings. The molecule has 0 spiro atoms. The minimum atomic E-state index is 0. The Morgan fingerprint density at radius 3 is 2.52 bits per heavy atom. The van der Waals surface area contributed by atoms with Crippen LogP contribution in [-0.2, 0) is 0 Å². The van der Waals surface area contributed by atoms with Crippen molar-refractivity contribution in [3.8, 4) is 0 Å². The molecule has 0 saturated carbocycles. The lowest BCUT2D eigenvalue weighted by molar-refractivity contribution is 0.00596. The van der Waals surface area contributed by atoms with Gasteiger partial charge < -0.3 is 0 Å². The van der Waals surface area contributed by atoms with Gasteiger partial charge in [-0.2, -0.15) is 0 Å². The molecule has 4 nitrogen and oxygen atoms in total. The molecule has 0 radical (unpaired) electrons. The van der Waals surface area contributed by atoms with Crippen molar-refractivity contribution in [3.63, 3.8) is 0 Å². The van der Waals surface area contributed by atoms with Gasteiger partial charge in [0, 0.05) is 28.9 Å². The summed E-state index contributed by atoms with van der Waals surface area (Å²) in [5.41, 5.74) is 2.25. The van der Waals surface area contributed by atoms with E-state index < -0.39 is 0 Å². The van der Waals surface area contributed by atoms with E-state index in [-0.39, 0.29) is 12.4 Å². The highest BCUT2D eigenvalue weighted by Crippen LogP contribution is 2.21. The number of fused-ring (bicyclic) bond motifs is 1. The third-order valence-electron chi connectivity index (χ3n) is 3.87. The van der Waals surface area contributed by atoms with E-state index in [1.807, 2.05) is 49.4 Å². The first-order valence-electron chi connectivity index (χ1n) is 7.74. The Kier molecular flexibility index (Phi) is 6.37. The number of hydrogen-bond donors (Lipinski definition) is 1.